The number of esters is 1. The first kappa shape index (κ1) is 25.3. The molecule has 0 aliphatic heterocycles. The molecule has 0 bridgehead atoms. The summed E-state index contributed by atoms with van der Waals surface area (Å²) < 4.78 is 32.9. The third kappa shape index (κ3) is 7.06. The molecule has 2 N–H and O–H groups in total. The third-order valence-corrected chi connectivity index (χ3v) is 7.95. The molecule has 0 aliphatic carbocycles. The summed E-state index contributed by atoms with van der Waals surface area (Å²) in [6.07, 6.45) is 0. The van der Waals surface area contributed by atoms with Crippen LogP contribution in [0.15, 0.2) is 77.7 Å². The Morgan fingerprint density at radius 2 is 1.76 bits per heavy atom. The number of aliphatic hydroxyl groups is 1. The van der Waals surface area contributed by atoms with Crippen molar-refractivity contribution in [3.63, 3.8) is 0 Å². The van der Waals surface area contributed by atoms with E-state index in [2.05, 4.69) is 4.72 Å². The van der Waals surface area contributed by atoms with E-state index in [-0.39, 0.29) is 23.3 Å². The molecule has 0 saturated carbocycles. The summed E-state index contributed by atoms with van der Waals surface area (Å²) in [4.78, 5) is 11.8. The first-order valence-corrected chi connectivity index (χ1v) is 13.0. The highest BCUT2D eigenvalue weighted by Crippen LogP contribution is 2.32. The van der Waals surface area contributed by atoms with Gasteiger partial charge in [-0.05, 0) is 53.1 Å². The summed E-state index contributed by atoms with van der Waals surface area (Å²) in [6.45, 7) is 0.0570. The minimum absolute atomic E-state index is 0.100. The van der Waals surface area contributed by atoms with Crippen molar-refractivity contribution in [2.45, 2.75) is 22.5 Å². The Labute approximate surface area is 203 Å². The molecule has 0 spiro atoms. The lowest BCUT2D eigenvalue weighted by Crippen LogP contribution is -2.27. The predicted octanol–water partition coefficient (Wildman–Crippen LogP) is 4.57. The van der Waals surface area contributed by atoms with E-state index in [0.717, 1.165) is 16.7 Å². The van der Waals surface area contributed by atoms with Crippen LogP contribution in [0.2, 0.25) is 5.02 Å². The maximum Gasteiger partial charge on any atom is 0.337 e. The summed E-state index contributed by atoms with van der Waals surface area (Å²) in [5.74, 6) is 0.197. The minimum atomic E-state index is -3.72. The zero-order valence-electron chi connectivity index (χ0n) is 17.9. The van der Waals surface area contributed by atoms with E-state index >= 15 is 0 Å². The van der Waals surface area contributed by atoms with Gasteiger partial charge in [-0.2, -0.15) is 0 Å². The average molecular weight is 506 g/mol. The van der Waals surface area contributed by atoms with Crippen molar-refractivity contribution in [1.82, 2.24) is 4.72 Å². The number of nitrogens with one attached hydrogen (secondary N) is 1. The number of carbonyl (C=O) groups is 1. The smallest absolute Gasteiger partial charge is 0.337 e. The first-order valence-electron chi connectivity index (χ1n) is 10.1. The molecular weight excluding hydrogens is 482 g/mol. The zero-order valence-corrected chi connectivity index (χ0v) is 20.3. The number of carbonyl (C=O) groups excluding carboxylic acids is 1. The minimum Gasteiger partial charge on any atom is -0.465 e. The van der Waals surface area contributed by atoms with Crippen LogP contribution in [0.25, 0.3) is 0 Å². The highest BCUT2D eigenvalue weighted by molar-refractivity contribution is 7.98. The fraction of sp³-hybridized carbons (Fsp3) is 0.208. The maximum atomic E-state index is 12.8. The molecule has 3 rings (SSSR count). The van der Waals surface area contributed by atoms with Gasteiger partial charge in [0.1, 0.15) is 0 Å². The molecule has 6 nitrogen and oxygen atoms in total. The number of halogens is 1. The molecule has 174 valence electrons. The first-order chi connectivity index (χ1) is 15.8. The molecule has 3 aromatic carbocycles. The fourth-order valence-corrected chi connectivity index (χ4v) is 5.50. The van der Waals surface area contributed by atoms with Crippen molar-refractivity contribution in [2.24, 2.45) is 0 Å². The SMILES string of the molecule is COC(=O)c1ccc(CSC(CNS(=O)(=O)c2ccc(Cl)cc2)c2cccc(CO)c2)cc1. The maximum absolute atomic E-state index is 12.8. The van der Waals surface area contributed by atoms with E-state index in [0.29, 0.717) is 16.3 Å². The van der Waals surface area contributed by atoms with Crippen LogP contribution in [0.4, 0.5) is 0 Å². The summed E-state index contributed by atoms with van der Waals surface area (Å²) in [5, 5.41) is 9.76. The highest BCUT2D eigenvalue weighted by Gasteiger charge is 2.19. The van der Waals surface area contributed by atoms with Crippen molar-refractivity contribution in [3.8, 4) is 0 Å². The van der Waals surface area contributed by atoms with Crippen molar-refractivity contribution >= 4 is 39.4 Å². The van der Waals surface area contributed by atoms with Crippen LogP contribution >= 0.6 is 23.4 Å². The van der Waals surface area contributed by atoms with E-state index in [4.69, 9.17) is 16.3 Å². The number of sulfonamides is 1. The quantitative estimate of drug-likeness (QED) is 0.392. The molecule has 0 radical (unpaired) electrons. The van der Waals surface area contributed by atoms with E-state index in [1.807, 2.05) is 36.4 Å². The number of benzene rings is 3. The Morgan fingerprint density at radius 3 is 2.39 bits per heavy atom. The molecule has 0 aromatic heterocycles. The lowest BCUT2D eigenvalue weighted by Gasteiger charge is -2.19. The standard InChI is InChI=1S/C24H24ClNO5S2/c1-31-24(28)19-7-5-17(6-8-19)16-32-23(20-4-2-3-18(13-20)15-27)14-26-33(29,30)22-11-9-21(25)10-12-22/h2-13,23,26-27H,14-16H2,1H3. The predicted molar refractivity (Wildman–Crippen MR) is 131 cm³/mol. The topological polar surface area (TPSA) is 92.7 Å². The number of methoxy groups -OCH3 is 1. The fourth-order valence-electron chi connectivity index (χ4n) is 3.10. The Balaban J connectivity index is 1.76. The van der Waals surface area contributed by atoms with Gasteiger partial charge < -0.3 is 9.84 Å². The van der Waals surface area contributed by atoms with Gasteiger partial charge >= 0.3 is 5.97 Å². The second-order valence-electron chi connectivity index (χ2n) is 7.20. The van der Waals surface area contributed by atoms with Crippen LogP contribution in [0.1, 0.15) is 32.3 Å². The van der Waals surface area contributed by atoms with Crippen molar-refractivity contribution in [2.75, 3.05) is 13.7 Å². The third-order valence-electron chi connectivity index (χ3n) is 4.91. The summed E-state index contributed by atoms with van der Waals surface area (Å²) in [6, 6.07) is 20.5. The number of aliphatic hydroxyl groups excluding tert-OH is 1. The van der Waals surface area contributed by atoms with Crippen molar-refractivity contribution in [1.29, 1.82) is 0 Å². The molecule has 0 amide bonds. The molecule has 0 heterocycles. The molecule has 0 aliphatic rings. The van der Waals surface area contributed by atoms with Crippen LogP contribution < -0.4 is 4.72 Å². The molecule has 33 heavy (non-hydrogen) atoms. The molecule has 3 aromatic rings. The number of hydrogen-bond donors (Lipinski definition) is 2. The lowest BCUT2D eigenvalue weighted by atomic mass is 10.1. The Bertz CT molecular complexity index is 1180. The van der Waals surface area contributed by atoms with Crippen LogP contribution in [0.5, 0.6) is 0 Å². The molecule has 9 heteroatoms. The van der Waals surface area contributed by atoms with Gasteiger partial charge in [-0.1, -0.05) is 48.0 Å². The van der Waals surface area contributed by atoms with Crippen LogP contribution in [-0.2, 0) is 27.1 Å². The number of hydrogen-bond acceptors (Lipinski definition) is 6. The summed E-state index contributed by atoms with van der Waals surface area (Å²) in [7, 11) is -2.38. The largest absolute Gasteiger partial charge is 0.465 e. The summed E-state index contributed by atoms with van der Waals surface area (Å²) in [5.41, 5.74) is 3.10. The molecule has 0 saturated heterocycles. The molecule has 1 atom stereocenters. The van der Waals surface area contributed by atoms with Crippen LogP contribution in [-0.4, -0.2) is 33.1 Å². The Hall–Kier alpha value is -2.36. The second-order valence-corrected chi connectivity index (χ2v) is 10.6. The van der Waals surface area contributed by atoms with Crippen molar-refractivity contribution in [3.05, 3.63) is 100 Å². The van der Waals surface area contributed by atoms with Gasteiger partial charge in [0.05, 0.1) is 24.2 Å². The van der Waals surface area contributed by atoms with E-state index in [1.165, 1.54) is 31.4 Å². The monoisotopic (exact) mass is 505 g/mol. The van der Waals surface area contributed by atoms with Gasteiger partial charge in [-0.15, -0.1) is 11.8 Å². The Morgan fingerprint density at radius 1 is 1.06 bits per heavy atom. The molecular formula is C24H24ClNO5S2. The molecule has 1 unspecified atom stereocenters. The van der Waals surface area contributed by atoms with Crippen LogP contribution in [0, 0.1) is 0 Å². The highest BCUT2D eigenvalue weighted by atomic mass is 35.5. The number of rotatable bonds is 10. The van der Waals surface area contributed by atoms with Gasteiger partial charge in [0, 0.05) is 22.6 Å². The van der Waals surface area contributed by atoms with E-state index < -0.39 is 16.0 Å². The van der Waals surface area contributed by atoms with Gasteiger partial charge in [-0.25, -0.2) is 17.9 Å². The van der Waals surface area contributed by atoms with Gasteiger partial charge in [0.15, 0.2) is 0 Å². The van der Waals surface area contributed by atoms with Crippen molar-refractivity contribution < 1.29 is 23.1 Å². The van der Waals surface area contributed by atoms with Crippen LogP contribution in [0.3, 0.4) is 0 Å². The normalized spacial score (nSPS) is 12.3. The zero-order chi connectivity index (χ0) is 23.8. The summed E-state index contributed by atoms with van der Waals surface area (Å²) >= 11 is 7.43. The van der Waals surface area contributed by atoms with E-state index in [1.54, 1.807) is 23.9 Å². The molecule has 0 fully saturated rings. The van der Waals surface area contributed by atoms with Gasteiger partial charge in [0.25, 0.3) is 0 Å². The lowest BCUT2D eigenvalue weighted by molar-refractivity contribution is 0.0600. The average Bonchev–Trinajstić information content (AvgIpc) is 2.84. The number of thioether (sulfide) groups is 1. The van der Waals surface area contributed by atoms with Gasteiger partial charge in [-0.3, -0.25) is 0 Å². The Kier molecular flexibility index (Phi) is 8.94. The van der Waals surface area contributed by atoms with Gasteiger partial charge in [0.2, 0.25) is 10.0 Å². The number of ether oxygens (including phenoxy) is 1. The van der Waals surface area contributed by atoms with E-state index in [9.17, 15) is 18.3 Å². The second kappa shape index (κ2) is 11.7.